The quantitative estimate of drug-likeness (QED) is 0.821. The third-order valence-corrected chi connectivity index (χ3v) is 4.63. The average Bonchev–Trinajstić information content (AvgIpc) is 2.60. The van der Waals surface area contributed by atoms with E-state index >= 15 is 0 Å². The summed E-state index contributed by atoms with van der Waals surface area (Å²) < 4.78 is 4.96. The summed E-state index contributed by atoms with van der Waals surface area (Å²) in [5.74, 6) is -0.373. The molecule has 130 valence electrons. The van der Waals surface area contributed by atoms with Crippen molar-refractivity contribution in [3.63, 3.8) is 0 Å². The summed E-state index contributed by atoms with van der Waals surface area (Å²) in [5.41, 5.74) is 4.20. The second kappa shape index (κ2) is 7.49. The predicted molar refractivity (Wildman–Crippen MR) is 95.3 cm³/mol. The molecule has 1 aliphatic heterocycles. The van der Waals surface area contributed by atoms with Crippen molar-refractivity contribution in [2.75, 3.05) is 19.0 Å². The molecule has 5 heteroatoms. The molecular weight excluding hydrogens is 316 g/mol. The highest BCUT2D eigenvalue weighted by Gasteiger charge is 2.37. The summed E-state index contributed by atoms with van der Waals surface area (Å²) in [4.78, 5) is 25.6. The molecule has 3 rings (SSSR count). The van der Waals surface area contributed by atoms with Gasteiger partial charge in [-0.2, -0.15) is 0 Å². The minimum absolute atomic E-state index is 0.103. The Morgan fingerprint density at radius 2 is 1.92 bits per heavy atom. The molecule has 2 aromatic rings. The van der Waals surface area contributed by atoms with E-state index in [4.69, 9.17) is 4.74 Å². The molecule has 2 aromatic carbocycles. The number of carbonyl (C=O) groups excluding carboxylic acids is 2. The van der Waals surface area contributed by atoms with Gasteiger partial charge in [-0.1, -0.05) is 36.4 Å². The maximum absolute atomic E-state index is 12.5. The minimum Gasteiger partial charge on any atom is -0.465 e. The van der Waals surface area contributed by atoms with Crippen molar-refractivity contribution < 1.29 is 19.2 Å². The molecule has 0 radical (unpaired) electrons. The SMILES string of the molecule is COC(=O)[C@H]1Cc2ccccc2C[NH+]1CC(=O)Nc1cccc(C)c1. The number of anilines is 1. The lowest BCUT2D eigenvalue weighted by Gasteiger charge is -2.31. The fourth-order valence-electron chi connectivity index (χ4n) is 3.37. The van der Waals surface area contributed by atoms with E-state index < -0.39 is 0 Å². The van der Waals surface area contributed by atoms with E-state index in [-0.39, 0.29) is 24.5 Å². The molecule has 0 aliphatic carbocycles. The summed E-state index contributed by atoms with van der Waals surface area (Å²) in [6, 6.07) is 15.4. The van der Waals surface area contributed by atoms with Crippen LogP contribution in [0.25, 0.3) is 0 Å². The Morgan fingerprint density at radius 1 is 1.16 bits per heavy atom. The van der Waals surface area contributed by atoms with E-state index in [2.05, 4.69) is 11.4 Å². The average molecular weight is 339 g/mol. The van der Waals surface area contributed by atoms with Crippen molar-refractivity contribution in [2.24, 2.45) is 0 Å². The Kier molecular flexibility index (Phi) is 5.14. The number of aryl methyl sites for hydroxylation is 1. The highest BCUT2D eigenvalue weighted by atomic mass is 16.5. The van der Waals surface area contributed by atoms with Gasteiger partial charge in [-0.05, 0) is 30.2 Å². The Balaban J connectivity index is 1.74. The molecule has 0 aromatic heterocycles. The third-order valence-electron chi connectivity index (χ3n) is 4.63. The van der Waals surface area contributed by atoms with Gasteiger partial charge in [0.25, 0.3) is 5.91 Å². The molecule has 0 bridgehead atoms. The van der Waals surface area contributed by atoms with E-state index in [1.807, 2.05) is 49.4 Å². The molecule has 0 saturated heterocycles. The first-order chi connectivity index (χ1) is 12.1. The monoisotopic (exact) mass is 339 g/mol. The van der Waals surface area contributed by atoms with Gasteiger partial charge in [0.15, 0.2) is 12.6 Å². The Labute approximate surface area is 147 Å². The number of esters is 1. The summed E-state index contributed by atoms with van der Waals surface area (Å²) in [6.07, 6.45) is 0.593. The van der Waals surface area contributed by atoms with Gasteiger partial charge in [-0.3, -0.25) is 4.79 Å². The maximum Gasteiger partial charge on any atom is 0.365 e. The zero-order valence-electron chi connectivity index (χ0n) is 14.5. The number of nitrogens with one attached hydrogen (secondary N) is 2. The van der Waals surface area contributed by atoms with Crippen LogP contribution in [0, 0.1) is 6.92 Å². The van der Waals surface area contributed by atoms with Crippen LogP contribution in [-0.2, 0) is 27.3 Å². The molecule has 25 heavy (non-hydrogen) atoms. The topological polar surface area (TPSA) is 59.8 Å². The Hall–Kier alpha value is -2.66. The number of rotatable bonds is 4. The maximum atomic E-state index is 12.5. The molecule has 0 saturated carbocycles. The lowest BCUT2D eigenvalue weighted by molar-refractivity contribution is -0.924. The Morgan fingerprint density at radius 3 is 2.64 bits per heavy atom. The van der Waals surface area contributed by atoms with Crippen LogP contribution in [0.3, 0.4) is 0 Å². The summed E-state index contributed by atoms with van der Waals surface area (Å²) in [6.45, 7) is 2.84. The number of methoxy groups -OCH3 is 1. The van der Waals surface area contributed by atoms with E-state index in [1.165, 1.54) is 12.7 Å². The molecule has 1 amide bonds. The lowest BCUT2D eigenvalue weighted by atomic mass is 9.94. The zero-order chi connectivity index (χ0) is 17.8. The van der Waals surface area contributed by atoms with Gasteiger partial charge >= 0.3 is 5.97 Å². The highest BCUT2D eigenvalue weighted by molar-refractivity contribution is 5.91. The summed E-state index contributed by atoms with van der Waals surface area (Å²) in [7, 11) is 1.40. The second-order valence-corrected chi connectivity index (χ2v) is 6.48. The van der Waals surface area contributed by atoms with E-state index in [0.717, 1.165) is 21.7 Å². The van der Waals surface area contributed by atoms with E-state index in [9.17, 15) is 9.59 Å². The molecule has 2 atom stereocenters. The van der Waals surface area contributed by atoms with Gasteiger partial charge in [0, 0.05) is 17.7 Å². The molecule has 1 heterocycles. The van der Waals surface area contributed by atoms with Crippen molar-refractivity contribution in [1.82, 2.24) is 0 Å². The fraction of sp³-hybridized carbons (Fsp3) is 0.300. The molecule has 0 fully saturated rings. The van der Waals surface area contributed by atoms with Crippen molar-refractivity contribution in [3.05, 3.63) is 65.2 Å². The normalized spacial score (nSPS) is 19.0. The number of benzene rings is 2. The van der Waals surface area contributed by atoms with Crippen LogP contribution in [0.15, 0.2) is 48.5 Å². The van der Waals surface area contributed by atoms with Crippen molar-refractivity contribution >= 4 is 17.6 Å². The van der Waals surface area contributed by atoms with Gasteiger partial charge in [-0.25, -0.2) is 4.79 Å². The van der Waals surface area contributed by atoms with Gasteiger partial charge in [-0.15, -0.1) is 0 Å². The van der Waals surface area contributed by atoms with Gasteiger partial charge < -0.3 is 15.0 Å². The molecule has 2 N–H and O–H groups in total. The fourth-order valence-corrected chi connectivity index (χ4v) is 3.37. The molecule has 1 aliphatic rings. The zero-order valence-corrected chi connectivity index (χ0v) is 14.5. The van der Waals surface area contributed by atoms with E-state index in [1.54, 1.807) is 0 Å². The van der Waals surface area contributed by atoms with Crippen LogP contribution in [0.5, 0.6) is 0 Å². The van der Waals surface area contributed by atoms with Crippen molar-refractivity contribution in [1.29, 1.82) is 0 Å². The Bertz CT molecular complexity index is 788. The van der Waals surface area contributed by atoms with Crippen LogP contribution in [0.1, 0.15) is 16.7 Å². The largest absolute Gasteiger partial charge is 0.465 e. The van der Waals surface area contributed by atoms with Crippen LogP contribution in [-0.4, -0.2) is 31.6 Å². The number of ether oxygens (including phenoxy) is 1. The number of hydrogen-bond acceptors (Lipinski definition) is 3. The van der Waals surface area contributed by atoms with Crippen LogP contribution < -0.4 is 10.2 Å². The van der Waals surface area contributed by atoms with Gasteiger partial charge in [0.05, 0.1) is 7.11 Å². The number of fused-ring (bicyclic) bond motifs is 1. The molecule has 0 spiro atoms. The van der Waals surface area contributed by atoms with E-state index in [0.29, 0.717) is 13.0 Å². The standard InChI is InChI=1S/C20H22N2O3/c1-14-6-5-9-17(10-14)21-19(23)13-22-12-16-8-4-3-7-15(16)11-18(22)20(24)25-2/h3-10,18H,11-13H2,1-2H3,(H,21,23)/p+1/t18-/m1/s1. The highest BCUT2D eigenvalue weighted by Crippen LogP contribution is 2.14. The predicted octanol–water partition coefficient (Wildman–Crippen LogP) is 1.12. The number of amides is 1. The minimum atomic E-state index is -0.358. The molecule has 5 nitrogen and oxygen atoms in total. The van der Waals surface area contributed by atoms with Crippen LogP contribution in [0.4, 0.5) is 5.69 Å². The number of hydrogen-bond donors (Lipinski definition) is 2. The van der Waals surface area contributed by atoms with Crippen LogP contribution in [0.2, 0.25) is 0 Å². The second-order valence-electron chi connectivity index (χ2n) is 6.48. The van der Waals surface area contributed by atoms with Crippen molar-refractivity contribution in [3.8, 4) is 0 Å². The summed E-state index contributed by atoms with van der Waals surface area (Å²) >= 11 is 0. The number of carbonyl (C=O) groups is 2. The summed E-state index contributed by atoms with van der Waals surface area (Å²) in [5, 5.41) is 2.92. The smallest absolute Gasteiger partial charge is 0.365 e. The first-order valence-electron chi connectivity index (χ1n) is 8.42. The van der Waals surface area contributed by atoms with Crippen LogP contribution >= 0.6 is 0 Å². The first kappa shape index (κ1) is 17.2. The van der Waals surface area contributed by atoms with Crippen molar-refractivity contribution in [2.45, 2.75) is 25.9 Å². The molecular formula is C20H23N2O3+. The lowest BCUT2D eigenvalue weighted by Crippen LogP contribution is -3.17. The van der Waals surface area contributed by atoms with Gasteiger partial charge in [0.2, 0.25) is 0 Å². The number of quaternary nitrogens is 1. The third kappa shape index (κ3) is 4.06. The van der Waals surface area contributed by atoms with Gasteiger partial charge in [0.1, 0.15) is 6.54 Å². The first-order valence-corrected chi connectivity index (χ1v) is 8.42. The molecule has 1 unspecified atom stereocenters.